The zero-order valence-electron chi connectivity index (χ0n) is 22.4. The number of sulfonamides is 1. The fraction of sp³-hybridized carbons (Fsp3) is 0.300. The van der Waals surface area contributed by atoms with Crippen LogP contribution in [-0.4, -0.2) is 40.7 Å². The standard InChI is InChI=1S/C30H32FN3O5S/c1-33-30(35)28-25-17-24(19-5-6-19)26(34(40(2,36)37)16-4-3-15-32)18-27(25)39-29(28)20-7-11-22(12-8-20)38-23-13-9-21(31)10-14-23/h7-14,17-19H,3-6,15-16,32H2,1-2H3,(H,33,35). The molecule has 0 atom stereocenters. The Hall–Kier alpha value is -3.89. The van der Waals surface area contributed by atoms with Gasteiger partial charge in [-0.2, -0.15) is 0 Å². The summed E-state index contributed by atoms with van der Waals surface area (Å²) < 4.78 is 52.4. The second-order valence-corrected chi connectivity index (χ2v) is 11.9. The van der Waals surface area contributed by atoms with E-state index in [0.717, 1.165) is 18.4 Å². The Morgan fingerprint density at radius 2 is 1.73 bits per heavy atom. The van der Waals surface area contributed by atoms with Crippen LogP contribution in [0.25, 0.3) is 22.3 Å². The third-order valence-corrected chi connectivity index (χ3v) is 8.14. The minimum absolute atomic E-state index is 0.219. The number of unbranched alkanes of at least 4 members (excludes halogenated alkanes) is 1. The SMILES string of the molecule is CNC(=O)c1c(-c2ccc(Oc3ccc(F)cc3)cc2)oc2cc(N(CCCCN)S(C)(=O)=O)c(C3CC3)cc12. The van der Waals surface area contributed by atoms with Gasteiger partial charge in [0.1, 0.15) is 28.7 Å². The molecule has 0 bridgehead atoms. The fourth-order valence-electron chi connectivity index (χ4n) is 4.82. The van der Waals surface area contributed by atoms with Crippen molar-refractivity contribution in [2.24, 2.45) is 5.73 Å². The maximum atomic E-state index is 13.2. The molecule has 8 nitrogen and oxygen atoms in total. The van der Waals surface area contributed by atoms with Gasteiger partial charge < -0.3 is 20.2 Å². The number of carbonyl (C=O) groups is 1. The van der Waals surface area contributed by atoms with Crippen molar-refractivity contribution in [3.8, 4) is 22.8 Å². The van der Waals surface area contributed by atoms with Gasteiger partial charge in [0.2, 0.25) is 10.0 Å². The number of halogens is 1. The fourth-order valence-corrected chi connectivity index (χ4v) is 5.79. The van der Waals surface area contributed by atoms with Crippen LogP contribution in [0.1, 0.15) is 47.5 Å². The van der Waals surface area contributed by atoms with E-state index in [4.69, 9.17) is 14.9 Å². The average molecular weight is 566 g/mol. The van der Waals surface area contributed by atoms with Crippen LogP contribution in [0.3, 0.4) is 0 Å². The number of amides is 1. The number of benzene rings is 3. The number of anilines is 1. The molecule has 210 valence electrons. The number of rotatable bonds is 11. The summed E-state index contributed by atoms with van der Waals surface area (Å²) in [6.45, 7) is 0.795. The largest absolute Gasteiger partial charge is 0.457 e. The minimum atomic E-state index is -3.57. The van der Waals surface area contributed by atoms with Gasteiger partial charge >= 0.3 is 0 Å². The van der Waals surface area contributed by atoms with Gasteiger partial charge in [-0.3, -0.25) is 9.10 Å². The molecule has 0 unspecified atom stereocenters. The number of hydrogen-bond donors (Lipinski definition) is 2. The molecule has 0 spiro atoms. The molecule has 1 fully saturated rings. The molecular formula is C30H32FN3O5S. The first-order valence-electron chi connectivity index (χ1n) is 13.2. The second-order valence-electron chi connectivity index (χ2n) is 9.98. The summed E-state index contributed by atoms with van der Waals surface area (Å²) in [6.07, 6.45) is 4.45. The number of nitrogens with zero attached hydrogens (tertiary/aromatic N) is 1. The Kier molecular flexibility index (Phi) is 7.82. The molecule has 0 radical (unpaired) electrons. The van der Waals surface area contributed by atoms with Gasteiger partial charge in [0, 0.05) is 30.6 Å². The van der Waals surface area contributed by atoms with E-state index in [1.54, 1.807) is 37.4 Å². The van der Waals surface area contributed by atoms with Crippen LogP contribution in [0, 0.1) is 5.82 Å². The summed E-state index contributed by atoms with van der Waals surface area (Å²) in [5.74, 6) is 0.960. The van der Waals surface area contributed by atoms with Gasteiger partial charge in [-0.25, -0.2) is 12.8 Å². The van der Waals surface area contributed by atoms with Gasteiger partial charge in [0.15, 0.2) is 0 Å². The number of fused-ring (bicyclic) bond motifs is 1. The predicted octanol–water partition coefficient (Wildman–Crippen LogP) is 5.77. The Morgan fingerprint density at radius 1 is 1.07 bits per heavy atom. The summed E-state index contributed by atoms with van der Waals surface area (Å²) in [5, 5.41) is 3.33. The zero-order valence-corrected chi connectivity index (χ0v) is 23.3. The Bertz CT molecular complexity index is 1630. The molecule has 3 aromatic carbocycles. The molecule has 1 aliphatic carbocycles. The minimum Gasteiger partial charge on any atom is -0.457 e. The molecule has 40 heavy (non-hydrogen) atoms. The number of nitrogens with one attached hydrogen (secondary N) is 1. The zero-order chi connectivity index (χ0) is 28.4. The van der Waals surface area contributed by atoms with E-state index in [1.165, 1.54) is 34.8 Å². The summed E-state index contributed by atoms with van der Waals surface area (Å²) >= 11 is 0. The van der Waals surface area contributed by atoms with E-state index in [1.807, 2.05) is 6.07 Å². The third kappa shape index (κ3) is 5.83. The molecule has 3 N–H and O–H groups in total. The van der Waals surface area contributed by atoms with Crippen LogP contribution in [-0.2, 0) is 10.0 Å². The number of furan rings is 1. The van der Waals surface area contributed by atoms with E-state index in [-0.39, 0.29) is 17.6 Å². The van der Waals surface area contributed by atoms with Gasteiger partial charge in [-0.15, -0.1) is 0 Å². The average Bonchev–Trinajstić information content (AvgIpc) is 3.71. The van der Waals surface area contributed by atoms with Gasteiger partial charge in [0.05, 0.1) is 17.5 Å². The highest BCUT2D eigenvalue weighted by Crippen LogP contribution is 2.48. The van der Waals surface area contributed by atoms with E-state index in [9.17, 15) is 17.6 Å². The summed E-state index contributed by atoms with van der Waals surface area (Å²) in [5.41, 5.74) is 8.59. The lowest BCUT2D eigenvalue weighted by molar-refractivity contribution is 0.0964. The lowest BCUT2D eigenvalue weighted by Crippen LogP contribution is -2.32. The van der Waals surface area contributed by atoms with E-state index >= 15 is 0 Å². The Balaban J connectivity index is 1.58. The van der Waals surface area contributed by atoms with E-state index in [2.05, 4.69) is 5.32 Å². The number of ether oxygens (including phenoxy) is 1. The highest BCUT2D eigenvalue weighted by atomic mass is 32.2. The Morgan fingerprint density at radius 3 is 2.30 bits per heavy atom. The first-order valence-corrected chi connectivity index (χ1v) is 15.1. The van der Waals surface area contributed by atoms with Crippen LogP contribution in [0.4, 0.5) is 10.1 Å². The number of nitrogens with two attached hydrogens (primary N) is 1. The summed E-state index contributed by atoms with van der Waals surface area (Å²) in [6, 6.07) is 16.4. The van der Waals surface area contributed by atoms with Crippen molar-refractivity contribution in [1.29, 1.82) is 0 Å². The second kappa shape index (κ2) is 11.3. The molecule has 1 heterocycles. The van der Waals surface area contributed by atoms with Crippen molar-refractivity contribution in [3.05, 3.63) is 77.6 Å². The van der Waals surface area contributed by atoms with E-state index < -0.39 is 10.0 Å². The van der Waals surface area contributed by atoms with Gasteiger partial charge in [-0.1, -0.05) is 0 Å². The first-order chi connectivity index (χ1) is 19.2. The molecule has 1 amide bonds. The number of hydrogen-bond acceptors (Lipinski definition) is 6. The van der Waals surface area contributed by atoms with Crippen LogP contribution >= 0.6 is 0 Å². The third-order valence-electron chi connectivity index (χ3n) is 6.96. The van der Waals surface area contributed by atoms with Crippen molar-refractivity contribution < 1.29 is 26.8 Å². The van der Waals surface area contributed by atoms with Crippen LogP contribution < -0.4 is 20.1 Å². The maximum Gasteiger partial charge on any atom is 0.255 e. The van der Waals surface area contributed by atoms with E-state index in [0.29, 0.717) is 71.0 Å². The van der Waals surface area contributed by atoms with Crippen LogP contribution in [0.5, 0.6) is 11.5 Å². The van der Waals surface area contributed by atoms with Gasteiger partial charge in [-0.05, 0) is 98.3 Å². The van der Waals surface area contributed by atoms with Gasteiger partial charge in [0.25, 0.3) is 5.91 Å². The molecule has 10 heteroatoms. The lowest BCUT2D eigenvalue weighted by Gasteiger charge is -2.25. The molecule has 1 aliphatic rings. The highest BCUT2D eigenvalue weighted by molar-refractivity contribution is 7.92. The quantitative estimate of drug-likeness (QED) is 0.223. The van der Waals surface area contributed by atoms with Crippen molar-refractivity contribution in [2.45, 2.75) is 31.6 Å². The first kappa shape index (κ1) is 27.7. The van der Waals surface area contributed by atoms with Crippen LogP contribution in [0.2, 0.25) is 0 Å². The number of carbonyl (C=O) groups excluding carboxylic acids is 1. The molecule has 5 rings (SSSR count). The summed E-state index contributed by atoms with van der Waals surface area (Å²) in [4.78, 5) is 13.1. The smallest absolute Gasteiger partial charge is 0.255 e. The lowest BCUT2D eigenvalue weighted by atomic mass is 10.00. The molecule has 4 aromatic rings. The van der Waals surface area contributed by atoms with Crippen LogP contribution in [0.15, 0.2) is 65.1 Å². The highest BCUT2D eigenvalue weighted by Gasteiger charge is 2.33. The van der Waals surface area contributed by atoms with Crippen molar-refractivity contribution in [1.82, 2.24) is 5.32 Å². The normalized spacial score (nSPS) is 13.4. The molecular weight excluding hydrogens is 533 g/mol. The predicted molar refractivity (Wildman–Crippen MR) is 154 cm³/mol. The van der Waals surface area contributed by atoms with Crippen molar-refractivity contribution in [3.63, 3.8) is 0 Å². The molecule has 0 aliphatic heterocycles. The molecule has 1 saturated carbocycles. The molecule has 0 saturated heterocycles. The van der Waals surface area contributed by atoms with Crippen molar-refractivity contribution >= 4 is 32.6 Å². The monoisotopic (exact) mass is 565 g/mol. The summed E-state index contributed by atoms with van der Waals surface area (Å²) in [7, 11) is -2.01. The Labute approximate surface area is 233 Å². The molecule has 1 aromatic heterocycles. The topological polar surface area (TPSA) is 115 Å². The van der Waals surface area contributed by atoms with Crippen molar-refractivity contribution in [2.75, 3.05) is 30.7 Å². The maximum absolute atomic E-state index is 13.2.